The molecule has 2 aromatic rings. The lowest BCUT2D eigenvalue weighted by Crippen LogP contribution is -2.46. The molecule has 1 saturated heterocycles. The van der Waals surface area contributed by atoms with E-state index in [1.54, 1.807) is 36.4 Å². The highest BCUT2D eigenvalue weighted by Gasteiger charge is 2.44. The number of nitrogens with zero attached hydrogens (tertiary/aromatic N) is 1. The van der Waals surface area contributed by atoms with E-state index in [0.717, 1.165) is 21.0 Å². The summed E-state index contributed by atoms with van der Waals surface area (Å²) in [5.41, 5.74) is 2.52. The van der Waals surface area contributed by atoms with Crippen molar-refractivity contribution in [1.82, 2.24) is 4.31 Å². The summed E-state index contributed by atoms with van der Waals surface area (Å²) in [7, 11) is -7.49. The predicted molar refractivity (Wildman–Crippen MR) is 104 cm³/mol. The van der Waals surface area contributed by atoms with Crippen LogP contribution in [0.2, 0.25) is 0 Å². The molecule has 0 aromatic heterocycles. The first kappa shape index (κ1) is 20.0. The Morgan fingerprint density at radius 1 is 1.04 bits per heavy atom. The summed E-state index contributed by atoms with van der Waals surface area (Å²) >= 11 is 0. The Kier molecular flexibility index (Phi) is 5.45. The molecule has 1 aliphatic rings. The van der Waals surface area contributed by atoms with E-state index in [1.807, 2.05) is 19.9 Å². The Labute approximate surface area is 160 Å². The maximum absolute atomic E-state index is 13.4. The average Bonchev–Trinajstić information content (AvgIpc) is 2.88. The van der Waals surface area contributed by atoms with Gasteiger partial charge in [0.15, 0.2) is 9.84 Å². The van der Waals surface area contributed by atoms with Crippen LogP contribution in [0.1, 0.15) is 16.7 Å². The summed E-state index contributed by atoms with van der Waals surface area (Å²) in [6, 6.07) is 12.8. The van der Waals surface area contributed by atoms with Crippen molar-refractivity contribution in [2.45, 2.75) is 37.4 Å². The summed E-state index contributed by atoms with van der Waals surface area (Å²) < 4.78 is 51.8. The summed E-state index contributed by atoms with van der Waals surface area (Å²) in [5, 5.41) is 10.3. The van der Waals surface area contributed by atoms with Crippen molar-refractivity contribution in [3.63, 3.8) is 0 Å². The van der Waals surface area contributed by atoms with Gasteiger partial charge in [0.25, 0.3) is 0 Å². The molecule has 0 spiro atoms. The van der Waals surface area contributed by atoms with Gasteiger partial charge in [0.2, 0.25) is 10.0 Å². The van der Waals surface area contributed by atoms with Gasteiger partial charge in [0, 0.05) is 6.54 Å². The van der Waals surface area contributed by atoms with E-state index in [0.29, 0.717) is 0 Å². The number of aryl methyl sites for hydroxylation is 2. The van der Waals surface area contributed by atoms with Gasteiger partial charge in [-0.15, -0.1) is 0 Å². The Bertz CT molecular complexity index is 1030. The van der Waals surface area contributed by atoms with E-state index in [9.17, 15) is 21.9 Å². The van der Waals surface area contributed by atoms with E-state index in [-0.39, 0.29) is 17.2 Å². The van der Waals surface area contributed by atoms with Crippen molar-refractivity contribution in [2.24, 2.45) is 0 Å². The van der Waals surface area contributed by atoms with Crippen molar-refractivity contribution in [3.05, 3.63) is 65.2 Å². The zero-order valence-electron chi connectivity index (χ0n) is 15.2. The molecule has 8 heteroatoms. The molecule has 1 aliphatic heterocycles. The fourth-order valence-corrected chi connectivity index (χ4v) is 6.86. The minimum absolute atomic E-state index is 0.00660. The number of hydrogen-bond acceptors (Lipinski definition) is 5. The molecule has 2 aromatic carbocycles. The fourth-order valence-electron chi connectivity index (χ4n) is 3.24. The molecular formula is C19H23NO5S2. The molecule has 1 heterocycles. The SMILES string of the molecule is Cc1ccc(S(=O)(=O)N(Cc2ccccc2)[C@@H]2CS(=O)(=O)C[C@@H]2O)cc1C. The van der Waals surface area contributed by atoms with Gasteiger partial charge < -0.3 is 5.11 Å². The van der Waals surface area contributed by atoms with E-state index < -0.39 is 37.8 Å². The molecule has 0 unspecified atom stereocenters. The van der Waals surface area contributed by atoms with Crippen molar-refractivity contribution < 1.29 is 21.9 Å². The number of aliphatic hydroxyl groups is 1. The highest BCUT2D eigenvalue weighted by atomic mass is 32.2. The van der Waals surface area contributed by atoms with Crippen LogP contribution in [-0.2, 0) is 26.4 Å². The van der Waals surface area contributed by atoms with E-state index in [2.05, 4.69) is 0 Å². The van der Waals surface area contributed by atoms with Crippen LogP contribution in [-0.4, -0.2) is 49.9 Å². The summed E-state index contributed by atoms with van der Waals surface area (Å²) in [6.45, 7) is 3.71. The van der Waals surface area contributed by atoms with Gasteiger partial charge in [-0.3, -0.25) is 0 Å². The number of benzene rings is 2. The van der Waals surface area contributed by atoms with Crippen LogP contribution >= 0.6 is 0 Å². The van der Waals surface area contributed by atoms with Gasteiger partial charge in [-0.05, 0) is 42.7 Å². The molecule has 0 radical (unpaired) electrons. The molecule has 0 aliphatic carbocycles. The Balaban J connectivity index is 2.06. The molecule has 0 bridgehead atoms. The van der Waals surface area contributed by atoms with Crippen molar-refractivity contribution in [3.8, 4) is 0 Å². The minimum Gasteiger partial charge on any atom is -0.390 e. The molecule has 3 rings (SSSR count). The van der Waals surface area contributed by atoms with Crippen LogP contribution in [0.5, 0.6) is 0 Å². The zero-order valence-corrected chi connectivity index (χ0v) is 16.9. The van der Waals surface area contributed by atoms with Gasteiger partial charge in [-0.25, -0.2) is 16.8 Å². The minimum atomic E-state index is -4.00. The highest BCUT2D eigenvalue weighted by Crippen LogP contribution is 2.28. The van der Waals surface area contributed by atoms with Crippen LogP contribution in [0, 0.1) is 13.8 Å². The van der Waals surface area contributed by atoms with E-state index in [4.69, 9.17) is 0 Å². The molecule has 2 atom stereocenters. The Morgan fingerprint density at radius 2 is 1.70 bits per heavy atom. The van der Waals surface area contributed by atoms with Gasteiger partial charge in [0.05, 0.1) is 28.5 Å². The number of aliphatic hydroxyl groups excluding tert-OH is 1. The van der Waals surface area contributed by atoms with Crippen LogP contribution in [0.3, 0.4) is 0 Å². The Hall–Kier alpha value is -1.74. The largest absolute Gasteiger partial charge is 0.390 e. The van der Waals surface area contributed by atoms with Crippen LogP contribution < -0.4 is 0 Å². The topological polar surface area (TPSA) is 91.8 Å². The fraction of sp³-hybridized carbons (Fsp3) is 0.368. The van der Waals surface area contributed by atoms with Crippen molar-refractivity contribution >= 4 is 19.9 Å². The van der Waals surface area contributed by atoms with Gasteiger partial charge >= 0.3 is 0 Å². The van der Waals surface area contributed by atoms with Crippen molar-refractivity contribution in [2.75, 3.05) is 11.5 Å². The maximum Gasteiger partial charge on any atom is 0.243 e. The first-order valence-corrected chi connectivity index (χ1v) is 11.9. The standard InChI is InChI=1S/C19H23NO5S2/c1-14-8-9-17(10-15(14)2)27(24,25)20(11-16-6-4-3-5-7-16)18-12-26(22,23)13-19(18)21/h3-10,18-19,21H,11-13H2,1-2H3/t18-,19+/m1/s1. The molecule has 0 amide bonds. The van der Waals surface area contributed by atoms with E-state index >= 15 is 0 Å². The second kappa shape index (κ2) is 7.35. The number of sulfone groups is 1. The lowest BCUT2D eigenvalue weighted by atomic mass is 10.1. The number of hydrogen-bond donors (Lipinski definition) is 1. The van der Waals surface area contributed by atoms with Crippen LogP contribution in [0.25, 0.3) is 0 Å². The third-order valence-electron chi connectivity index (χ3n) is 4.93. The monoisotopic (exact) mass is 409 g/mol. The average molecular weight is 410 g/mol. The predicted octanol–water partition coefficient (Wildman–Crippen LogP) is 1.65. The van der Waals surface area contributed by atoms with Gasteiger partial charge in [-0.2, -0.15) is 4.31 Å². The van der Waals surface area contributed by atoms with Crippen LogP contribution in [0.15, 0.2) is 53.4 Å². The molecule has 0 saturated carbocycles. The third kappa shape index (κ3) is 4.24. The second-order valence-corrected chi connectivity index (χ2v) is 11.0. The molecule has 6 nitrogen and oxygen atoms in total. The van der Waals surface area contributed by atoms with Gasteiger partial charge in [0.1, 0.15) is 0 Å². The first-order chi connectivity index (χ1) is 12.6. The second-order valence-electron chi connectivity index (χ2n) is 6.99. The zero-order chi connectivity index (χ0) is 19.8. The number of sulfonamides is 1. The smallest absolute Gasteiger partial charge is 0.243 e. The lowest BCUT2D eigenvalue weighted by molar-refractivity contribution is 0.125. The van der Waals surface area contributed by atoms with Crippen LogP contribution in [0.4, 0.5) is 0 Å². The molecule has 27 heavy (non-hydrogen) atoms. The maximum atomic E-state index is 13.4. The number of rotatable bonds is 5. The summed E-state index contributed by atoms with van der Waals surface area (Å²) in [4.78, 5) is 0.0954. The first-order valence-electron chi connectivity index (χ1n) is 8.62. The summed E-state index contributed by atoms with van der Waals surface area (Å²) in [5.74, 6) is -0.809. The summed E-state index contributed by atoms with van der Waals surface area (Å²) in [6.07, 6.45) is -1.25. The molecule has 1 N–H and O–H groups in total. The highest BCUT2D eigenvalue weighted by molar-refractivity contribution is 7.92. The molecule has 1 fully saturated rings. The molecular weight excluding hydrogens is 386 g/mol. The van der Waals surface area contributed by atoms with E-state index in [1.165, 1.54) is 6.07 Å². The normalized spacial score (nSPS) is 22.2. The van der Waals surface area contributed by atoms with Gasteiger partial charge in [-0.1, -0.05) is 36.4 Å². The third-order valence-corrected chi connectivity index (χ3v) is 8.50. The quantitative estimate of drug-likeness (QED) is 0.811. The Morgan fingerprint density at radius 3 is 2.26 bits per heavy atom. The lowest BCUT2D eigenvalue weighted by Gasteiger charge is -2.29. The van der Waals surface area contributed by atoms with Crippen molar-refractivity contribution in [1.29, 1.82) is 0 Å². The molecule has 146 valence electrons.